The summed E-state index contributed by atoms with van der Waals surface area (Å²) in [4.78, 5) is 15.9. The van der Waals surface area contributed by atoms with Crippen molar-refractivity contribution in [1.29, 1.82) is 0 Å². The largest absolute Gasteiger partial charge is 0.497 e. The molecule has 1 aliphatic rings. The Kier molecular flexibility index (Phi) is 6.07. The van der Waals surface area contributed by atoms with E-state index in [1.165, 1.54) is 6.07 Å². The predicted molar refractivity (Wildman–Crippen MR) is 133 cm³/mol. The van der Waals surface area contributed by atoms with Crippen LogP contribution in [-0.4, -0.2) is 48.7 Å². The van der Waals surface area contributed by atoms with Crippen molar-refractivity contribution >= 4 is 16.8 Å². The standard InChI is InChI=1S/C28H28FN3O2/c1-19-20(7-6-10-24(19)29)17-26-27(28(33)31-15-13-30-14-16-31)23-18-22(34-2)11-12-25(23)32(26)21-8-4-3-5-9-21/h3-12,18,30H,13-17H2,1-2H3. The summed E-state index contributed by atoms with van der Waals surface area (Å²) in [5.41, 5.74) is 4.86. The van der Waals surface area contributed by atoms with E-state index in [9.17, 15) is 9.18 Å². The highest BCUT2D eigenvalue weighted by molar-refractivity contribution is 6.09. The molecule has 2 heterocycles. The van der Waals surface area contributed by atoms with Crippen molar-refractivity contribution in [3.63, 3.8) is 0 Å². The zero-order valence-electron chi connectivity index (χ0n) is 19.5. The zero-order chi connectivity index (χ0) is 23.7. The van der Waals surface area contributed by atoms with Crippen molar-refractivity contribution < 1.29 is 13.9 Å². The number of fused-ring (bicyclic) bond motifs is 1. The van der Waals surface area contributed by atoms with E-state index in [0.29, 0.717) is 36.4 Å². The molecule has 1 amide bonds. The van der Waals surface area contributed by atoms with Crippen molar-refractivity contribution in [2.45, 2.75) is 13.3 Å². The van der Waals surface area contributed by atoms with E-state index in [1.807, 2.05) is 59.5 Å². The van der Waals surface area contributed by atoms with E-state index in [2.05, 4.69) is 9.88 Å². The SMILES string of the molecule is COc1ccc2c(c1)c(C(=O)N1CCNCC1)c(Cc1cccc(F)c1C)n2-c1ccccc1. The fourth-order valence-electron chi connectivity index (χ4n) is 4.78. The van der Waals surface area contributed by atoms with Gasteiger partial charge in [0.2, 0.25) is 0 Å². The third-order valence-electron chi connectivity index (χ3n) is 6.64. The van der Waals surface area contributed by atoms with Gasteiger partial charge in [-0.05, 0) is 54.4 Å². The molecule has 0 saturated carbocycles. The van der Waals surface area contributed by atoms with Gasteiger partial charge in [-0.15, -0.1) is 0 Å². The number of methoxy groups -OCH3 is 1. The Morgan fingerprint density at radius 1 is 1.03 bits per heavy atom. The fourth-order valence-corrected chi connectivity index (χ4v) is 4.78. The molecular weight excluding hydrogens is 429 g/mol. The minimum absolute atomic E-state index is 0.00140. The van der Waals surface area contributed by atoms with Crippen LogP contribution in [0.3, 0.4) is 0 Å². The lowest BCUT2D eigenvalue weighted by molar-refractivity contribution is 0.0736. The maximum Gasteiger partial charge on any atom is 0.256 e. The quantitative estimate of drug-likeness (QED) is 0.472. The van der Waals surface area contributed by atoms with Gasteiger partial charge in [0, 0.05) is 49.4 Å². The van der Waals surface area contributed by atoms with Crippen LogP contribution in [-0.2, 0) is 6.42 Å². The summed E-state index contributed by atoms with van der Waals surface area (Å²) >= 11 is 0. The fraction of sp³-hybridized carbons (Fsp3) is 0.250. The number of amides is 1. The second kappa shape index (κ2) is 9.31. The summed E-state index contributed by atoms with van der Waals surface area (Å²) in [6.45, 7) is 4.63. The molecule has 5 nitrogen and oxygen atoms in total. The number of nitrogens with zero attached hydrogens (tertiary/aromatic N) is 2. The van der Waals surface area contributed by atoms with E-state index in [-0.39, 0.29) is 11.7 Å². The second-order valence-electron chi connectivity index (χ2n) is 8.62. The molecule has 1 fully saturated rings. The van der Waals surface area contributed by atoms with Gasteiger partial charge in [0.15, 0.2) is 0 Å². The van der Waals surface area contributed by atoms with Crippen molar-refractivity contribution in [3.8, 4) is 11.4 Å². The van der Waals surface area contributed by atoms with Gasteiger partial charge in [-0.1, -0.05) is 30.3 Å². The van der Waals surface area contributed by atoms with Gasteiger partial charge in [0.1, 0.15) is 11.6 Å². The molecule has 174 valence electrons. The number of nitrogens with one attached hydrogen (secondary N) is 1. The van der Waals surface area contributed by atoms with Gasteiger partial charge in [0.25, 0.3) is 5.91 Å². The molecule has 4 aromatic rings. The number of halogens is 1. The second-order valence-corrected chi connectivity index (χ2v) is 8.62. The summed E-state index contributed by atoms with van der Waals surface area (Å²) in [6, 6.07) is 21.0. The molecule has 1 aromatic heterocycles. The third-order valence-corrected chi connectivity index (χ3v) is 6.64. The summed E-state index contributed by atoms with van der Waals surface area (Å²) in [7, 11) is 1.63. The molecule has 0 radical (unpaired) electrons. The number of hydrogen-bond donors (Lipinski definition) is 1. The number of carbonyl (C=O) groups is 1. The highest BCUT2D eigenvalue weighted by Gasteiger charge is 2.28. The molecule has 0 aliphatic carbocycles. The smallest absolute Gasteiger partial charge is 0.256 e. The first-order valence-electron chi connectivity index (χ1n) is 11.6. The third kappa shape index (κ3) is 3.94. The number of piperazine rings is 1. The monoisotopic (exact) mass is 457 g/mol. The first-order chi connectivity index (χ1) is 16.6. The maximum absolute atomic E-state index is 14.5. The molecule has 3 aromatic carbocycles. The molecule has 34 heavy (non-hydrogen) atoms. The zero-order valence-corrected chi connectivity index (χ0v) is 19.5. The lowest BCUT2D eigenvalue weighted by Crippen LogP contribution is -2.46. The van der Waals surface area contributed by atoms with Gasteiger partial charge in [-0.2, -0.15) is 0 Å². The molecule has 6 heteroatoms. The Labute approximate surface area is 198 Å². The van der Waals surface area contributed by atoms with Crippen molar-refractivity contribution in [1.82, 2.24) is 14.8 Å². The molecule has 0 atom stereocenters. The molecule has 0 bridgehead atoms. The first kappa shape index (κ1) is 22.2. The first-order valence-corrected chi connectivity index (χ1v) is 11.6. The van der Waals surface area contributed by atoms with E-state index in [4.69, 9.17) is 4.74 Å². The predicted octanol–water partition coefficient (Wildman–Crippen LogP) is 4.72. The summed E-state index contributed by atoms with van der Waals surface area (Å²) < 4.78 is 22.1. The molecule has 0 unspecified atom stereocenters. The Balaban J connectivity index is 1.80. The Hall–Kier alpha value is -3.64. The van der Waals surface area contributed by atoms with Crippen LogP contribution in [0.25, 0.3) is 16.6 Å². The van der Waals surface area contributed by atoms with Crippen LogP contribution in [0.2, 0.25) is 0 Å². The topological polar surface area (TPSA) is 46.5 Å². The number of hydrogen-bond acceptors (Lipinski definition) is 3. The van der Waals surface area contributed by atoms with Gasteiger partial charge in [0.05, 0.1) is 18.2 Å². The average Bonchev–Trinajstić information content (AvgIpc) is 3.20. The lowest BCUT2D eigenvalue weighted by atomic mass is 9.99. The molecule has 1 saturated heterocycles. The lowest BCUT2D eigenvalue weighted by Gasteiger charge is -2.28. The molecule has 1 aliphatic heterocycles. The van der Waals surface area contributed by atoms with Crippen LogP contribution in [0.5, 0.6) is 5.75 Å². The number of ether oxygens (including phenoxy) is 1. The number of aromatic nitrogens is 1. The number of benzene rings is 3. The van der Waals surface area contributed by atoms with E-state index in [1.54, 1.807) is 20.1 Å². The minimum atomic E-state index is -0.239. The van der Waals surface area contributed by atoms with E-state index in [0.717, 1.165) is 40.9 Å². The molecular formula is C28H28FN3O2. The minimum Gasteiger partial charge on any atom is -0.497 e. The highest BCUT2D eigenvalue weighted by Crippen LogP contribution is 2.35. The summed E-state index contributed by atoms with van der Waals surface area (Å²) in [6.07, 6.45) is 0.433. The van der Waals surface area contributed by atoms with E-state index >= 15 is 0 Å². The normalized spacial score (nSPS) is 13.9. The van der Waals surface area contributed by atoms with Gasteiger partial charge in [-0.3, -0.25) is 4.79 Å². The Morgan fingerprint density at radius 2 is 1.79 bits per heavy atom. The Bertz CT molecular complexity index is 1340. The van der Waals surface area contributed by atoms with Crippen molar-refractivity contribution in [2.75, 3.05) is 33.3 Å². The molecule has 0 spiro atoms. The van der Waals surface area contributed by atoms with Crippen LogP contribution >= 0.6 is 0 Å². The van der Waals surface area contributed by atoms with Crippen LogP contribution in [0.1, 0.15) is 27.2 Å². The number of carbonyl (C=O) groups excluding carboxylic acids is 1. The van der Waals surface area contributed by atoms with E-state index < -0.39 is 0 Å². The van der Waals surface area contributed by atoms with Crippen molar-refractivity contribution in [2.24, 2.45) is 0 Å². The highest BCUT2D eigenvalue weighted by atomic mass is 19.1. The molecule has 5 rings (SSSR count). The number of para-hydroxylation sites is 1. The van der Waals surface area contributed by atoms with Crippen LogP contribution < -0.4 is 10.1 Å². The average molecular weight is 458 g/mol. The maximum atomic E-state index is 14.5. The van der Waals surface area contributed by atoms with Gasteiger partial charge >= 0.3 is 0 Å². The van der Waals surface area contributed by atoms with Gasteiger partial charge in [-0.25, -0.2) is 4.39 Å². The number of rotatable bonds is 5. The summed E-state index contributed by atoms with van der Waals surface area (Å²) in [5, 5.41) is 4.16. The van der Waals surface area contributed by atoms with Crippen LogP contribution in [0.15, 0.2) is 66.7 Å². The van der Waals surface area contributed by atoms with Crippen molar-refractivity contribution in [3.05, 3.63) is 94.9 Å². The summed E-state index contributed by atoms with van der Waals surface area (Å²) in [5.74, 6) is 0.454. The van der Waals surface area contributed by atoms with Crippen LogP contribution in [0.4, 0.5) is 4.39 Å². The Morgan fingerprint density at radius 3 is 2.53 bits per heavy atom. The van der Waals surface area contributed by atoms with Gasteiger partial charge < -0.3 is 19.5 Å². The van der Waals surface area contributed by atoms with Crippen LogP contribution in [0, 0.1) is 12.7 Å². The molecule has 1 N–H and O–H groups in total.